The molecule has 3 aromatic rings. The Hall–Kier alpha value is -2.68. The van der Waals surface area contributed by atoms with E-state index in [4.69, 9.17) is 5.73 Å². The first-order valence-corrected chi connectivity index (χ1v) is 9.62. The van der Waals surface area contributed by atoms with Gasteiger partial charge in [-0.1, -0.05) is 35.5 Å². The topological polar surface area (TPSA) is 98.6 Å². The molecule has 0 radical (unpaired) electrons. The van der Waals surface area contributed by atoms with E-state index in [-0.39, 0.29) is 11.2 Å². The molecule has 8 nitrogen and oxygen atoms in total. The molecule has 0 aliphatic heterocycles. The first kappa shape index (κ1) is 19.1. The molecule has 9 heteroatoms. The van der Waals surface area contributed by atoms with E-state index in [1.54, 1.807) is 11.8 Å². The van der Waals surface area contributed by atoms with Gasteiger partial charge in [0.1, 0.15) is 5.82 Å². The van der Waals surface area contributed by atoms with E-state index >= 15 is 0 Å². The smallest absolute Gasteiger partial charge is 0.229 e. The molecule has 2 N–H and O–H groups in total. The molecule has 2 aromatic heterocycles. The molecule has 0 bridgehead atoms. The Bertz CT molecular complexity index is 937. The second-order valence-electron chi connectivity index (χ2n) is 6.43. The molecule has 1 unspecified atom stereocenters. The van der Waals surface area contributed by atoms with Crippen LogP contribution in [0, 0.1) is 6.92 Å². The van der Waals surface area contributed by atoms with E-state index in [1.165, 1.54) is 5.56 Å². The van der Waals surface area contributed by atoms with E-state index < -0.39 is 0 Å². The van der Waals surface area contributed by atoms with Crippen molar-refractivity contribution < 1.29 is 0 Å². The molecule has 0 saturated carbocycles. The zero-order valence-electron chi connectivity index (χ0n) is 16.2. The van der Waals surface area contributed by atoms with Gasteiger partial charge in [-0.2, -0.15) is 15.0 Å². The summed E-state index contributed by atoms with van der Waals surface area (Å²) in [6.45, 7) is 6.96. The number of nitrogens with zero attached hydrogens (tertiary/aromatic N) is 7. The number of nitrogen functional groups attached to an aromatic ring is 1. The van der Waals surface area contributed by atoms with Gasteiger partial charge in [0.15, 0.2) is 11.0 Å². The largest absolute Gasteiger partial charge is 0.368 e. The third kappa shape index (κ3) is 4.19. The summed E-state index contributed by atoms with van der Waals surface area (Å²) in [6, 6.07) is 8.27. The van der Waals surface area contributed by atoms with Crippen LogP contribution in [-0.2, 0) is 6.54 Å². The van der Waals surface area contributed by atoms with Crippen LogP contribution in [0.15, 0.2) is 29.4 Å². The van der Waals surface area contributed by atoms with Gasteiger partial charge in [-0.05, 0) is 26.8 Å². The molecule has 0 fully saturated rings. The van der Waals surface area contributed by atoms with Crippen LogP contribution in [0.1, 0.15) is 30.5 Å². The molecule has 0 aliphatic carbocycles. The average molecular weight is 385 g/mol. The number of nitrogens with two attached hydrogens (primary N) is 1. The third-order valence-electron chi connectivity index (χ3n) is 4.01. The van der Waals surface area contributed by atoms with E-state index in [2.05, 4.69) is 61.8 Å². The quantitative estimate of drug-likeness (QED) is 0.648. The van der Waals surface area contributed by atoms with Crippen molar-refractivity contribution in [2.45, 2.75) is 37.7 Å². The summed E-state index contributed by atoms with van der Waals surface area (Å²) in [5, 5.41) is 9.59. The lowest BCUT2D eigenvalue weighted by molar-refractivity contribution is 0.684. The van der Waals surface area contributed by atoms with Crippen molar-refractivity contribution in [3.05, 3.63) is 35.7 Å². The maximum absolute atomic E-state index is 5.85. The monoisotopic (exact) mass is 384 g/mol. The Labute approximate surface area is 163 Å². The van der Waals surface area contributed by atoms with Crippen molar-refractivity contribution in [3.8, 4) is 11.4 Å². The highest BCUT2D eigenvalue weighted by Crippen LogP contribution is 2.34. The number of thioether (sulfide) groups is 1. The Morgan fingerprint density at radius 2 is 1.96 bits per heavy atom. The lowest BCUT2D eigenvalue weighted by Crippen LogP contribution is -2.16. The fraction of sp³-hybridized carbons (Fsp3) is 0.389. The number of anilines is 2. The zero-order valence-corrected chi connectivity index (χ0v) is 17.0. The van der Waals surface area contributed by atoms with Gasteiger partial charge in [0.05, 0.1) is 5.25 Å². The van der Waals surface area contributed by atoms with Gasteiger partial charge < -0.3 is 15.2 Å². The molecule has 2 heterocycles. The van der Waals surface area contributed by atoms with Crippen LogP contribution < -0.4 is 10.6 Å². The molecule has 3 rings (SSSR count). The van der Waals surface area contributed by atoms with Gasteiger partial charge in [-0.15, -0.1) is 10.2 Å². The lowest BCUT2D eigenvalue weighted by atomic mass is 10.1. The summed E-state index contributed by atoms with van der Waals surface area (Å²) in [6.07, 6.45) is 0. The minimum Gasteiger partial charge on any atom is -0.368 e. The summed E-state index contributed by atoms with van der Waals surface area (Å²) in [5.74, 6) is 2.25. The van der Waals surface area contributed by atoms with E-state index in [0.717, 1.165) is 23.1 Å². The number of benzene rings is 1. The van der Waals surface area contributed by atoms with Crippen molar-refractivity contribution in [1.82, 2.24) is 29.7 Å². The minimum absolute atomic E-state index is 0.0474. The summed E-state index contributed by atoms with van der Waals surface area (Å²) in [7, 11) is 3.75. The van der Waals surface area contributed by atoms with Gasteiger partial charge in [0.25, 0.3) is 0 Å². The first-order chi connectivity index (χ1) is 12.9. The first-order valence-electron chi connectivity index (χ1n) is 8.74. The van der Waals surface area contributed by atoms with Crippen molar-refractivity contribution in [1.29, 1.82) is 0 Å². The summed E-state index contributed by atoms with van der Waals surface area (Å²) >= 11 is 1.56. The predicted molar refractivity (Wildman–Crippen MR) is 109 cm³/mol. The fourth-order valence-electron chi connectivity index (χ4n) is 2.65. The maximum atomic E-state index is 5.85. The number of aromatic nitrogens is 6. The van der Waals surface area contributed by atoms with Crippen LogP contribution in [0.3, 0.4) is 0 Å². The molecule has 0 saturated heterocycles. The van der Waals surface area contributed by atoms with Crippen molar-refractivity contribution in [3.63, 3.8) is 0 Å². The highest BCUT2D eigenvalue weighted by Gasteiger charge is 2.20. The van der Waals surface area contributed by atoms with E-state index in [0.29, 0.717) is 11.8 Å². The second-order valence-corrected chi connectivity index (χ2v) is 7.73. The van der Waals surface area contributed by atoms with Gasteiger partial charge in [0.2, 0.25) is 11.9 Å². The second kappa shape index (κ2) is 7.91. The molecule has 27 heavy (non-hydrogen) atoms. The van der Waals surface area contributed by atoms with Crippen LogP contribution >= 0.6 is 11.8 Å². The summed E-state index contributed by atoms with van der Waals surface area (Å²) < 4.78 is 2.10. The molecular weight excluding hydrogens is 360 g/mol. The van der Waals surface area contributed by atoms with Crippen LogP contribution in [0.5, 0.6) is 0 Å². The van der Waals surface area contributed by atoms with Crippen LogP contribution in [-0.4, -0.2) is 43.8 Å². The molecule has 1 aromatic carbocycles. The summed E-state index contributed by atoms with van der Waals surface area (Å²) in [5.41, 5.74) is 8.10. The van der Waals surface area contributed by atoms with Gasteiger partial charge in [-0.25, -0.2) is 0 Å². The SMILES string of the molecule is CCn1c(SC(C)c2nc(N)nc(N(C)C)n2)nnc1-c1cccc(C)c1. The van der Waals surface area contributed by atoms with Gasteiger partial charge in [-0.3, -0.25) is 0 Å². The van der Waals surface area contributed by atoms with Crippen molar-refractivity contribution in [2.24, 2.45) is 0 Å². The van der Waals surface area contributed by atoms with Crippen LogP contribution in [0.25, 0.3) is 11.4 Å². The van der Waals surface area contributed by atoms with Crippen molar-refractivity contribution >= 4 is 23.7 Å². The van der Waals surface area contributed by atoms with Crippen LogP contribution in [0.2, 0.25) is 0 Å². The molecule has 1 atom stereocenters. The Balaban J connectivity index is 1.90. The summed E-state index contributed by atoms with van der Waals surface area (Å²) in [4.78, 5) is 14.8. The van der Waals surface area contributed by atoms with Gasteiger partial charge in [0, 0.05) is 26.2 Å². The third-order valence-corrected chi connectivity index (χ3v) is 5.09. The highest BCUT2D eigenvalue weighted by molar-refractivity contribution is 7.99. The average Bonchev–Trinajstić information content (AvgIpc) is 3.03. The van der Waals surface area contributed by atoms with E-state index in [9.17, 15) is 0 Å². The van der Waals surface area contributed by atoms with Crippen LogP contribution in [0.4, 0.5) is 11.9 Å². The van der Waals surface area contributed by atoms with Crippen molar-refractivity contribution in [2.75, 3.05) is 24.7 Å². The highest BCUT2D eigenvalue weighted by atomic mass is 32.2. The number of hydrogen-bond acceptors (Lipinski definition) is 8. The number of aryl methyl sites for hydroxylation is 1. The Morgan fingerprint density at radius 1 is 1.19 bits per heavy atom. The number of rotatable bonds is 6. The molecular formula is C18H24N8S. The Morgan fingerprint density at radius 3 is 2.63 bits per heavy atom. The molecule has 0 aliphatic rings. The Kier molecular flexibility index (Phi) is 5.59. The fourth-order valence-corrected chi connectivity index (χ4v) is 3.61. The minimum atomic E-state index is -0.0474. The lowest BCUT2D eigenvalue weighted by Gasteiger charge is -2.15. The molecule has 142 valence electrons. The normalized spacial score (nSPS) is 12.2. The predicted octanol–water partition coefficient (Wildman–Crippen LogP) is 2.96. The maximum Gasteiger partial charge on any atom is 0.229 e. The van der Waals surface area contributed by atoms with Gasteiger partial charge >= 0.3 is 0 Å². The standard InChI is InChI=1S/C18H24N8S/c1-6-26-15(13-9-7-8-11(2)10-13)23-24-18(26)27-12(3)14-20-16(19)22-17(21-14)25(4)5/h7-10,12H,6H2,1-5H3,(H2,19,20,21,22). The van der Waals surface area contributed by atoms with E-state index in [1.807, 2.05) is 32.0 Å². The molecule has 0 spiro atoms. The zero-order chi connectivity index (χ0) is 19.6. The molecule has 0 amide bonds. The number of hydrogen-bond donors (Lipinski definition) is 1.